The van der Waals surface area contributed by atoms with Gasteiger partial charge >= 0.3 is 12.1 Å². The van der Waals surface area contributed by atoms with Crippen LogP contribution in [0, 0.1) is 5.41 Å². The average Bonchev–Trinajstić information content (AvgIpc) is 2.93. The van der Waals surface area contributed by atoms with Crippen molar-refractivity contribution in [2.45, 2.75) is 77.9 Å². The van der Waals surface area contributed by atoms with Crippen molar-refractivity contribution in [3.05, 3.63) is 0 Å². The molecule has 0 saturated carbocycles. The van der Waals surface area contributed by atoms with Gasteiger partial charge in [0.25, 0.3) is 0 Å². The first-order chi connectivity index (χ1) is 10.7. The SMILES string of the molecule is CCCC(CCC1CCCO1)(CNC(=O)OC(C)(C)C)C(=O)O. The zero-order valence-electron chi connectivity index (χ0n) is 14.8. The summed E-state index contributed by atoms with van der Waals surface area (Å²) in [4.78, 5) is 23.7. The van der Waals surface area contributed by atoms with Gasteiger partial charge in [0.1, 0.15) is 5.60 Å². The molecule has 6 nitrogen and oxygen atoms in total. The summed E-state index contributed by atoms with van der Waals surface area (Å²) in [7, 11) is 0. The molecule has 2 unspecified atom stereocenters. The minimum absolute atomic E-state index is 0.0812. The van der Waals surface area contributed by atoms with Crippen molar-refractivity contribution in [1.82, 2.24) is 5.32 Å². The molecule has 1 fully saturated rings. The molecule has 0 spiro atoms. The van der Waals surface area contributed by atoms with E-state index in [1.165, 1.54) is 0 Å². The fourth-order valence-corrected chi connectivity index (χ4v) is 2.93. The Morgan fingerprint density at radius 2 is 2.00 bits per heavy atom. The van der Waals surface area contributed by atoms with Crippen LogP contribution >= 0.6 is 0 Å². The third-order valence-corrected chi connectivity index (χ3v) is 4.12. The number of carbonyl (C=O) groups is 2. The third kappa shape index (κ3) is 6.77. The van der Waals surface area contributed by atoms with Gasteiger partial charge in [-0.15, -0.1) is 0 Å². The van der Waals surface area contributed by atoms with Gasteiger partial charge in [-0.05, 0) is 52.9 Å². The standard InChI is InChI=1S/C17H31NO5/c1-5-9-17(14(19)20,10-8-13-7-6-11-22-13)12-18-15(21)23-16(2,3)4/h13H,5-12H2,1-4H3,(H,18,21)(H,19,20). The quantitative estimate of drug-likeness (QED) is 0.713. The van der Waals surface area contributed by atoms with Crippen LogP contribution in [0.2, 0.25) is 0 Å². The van der Waals surface area contributed by atoms with Crippen LogP contribution in [0.5, 0.6) is 0 Å². The lowest BCUT2D eigenvalue weighted by molar-refractivity contribution is -0.150. The first-order valence-electron chi connectivity index (χ1n) is 8.50. The Balaban J connectivity index is 2.65. The van der Waals surface area contributed by atoms with Gasteiger partial charge in [0.15, 0.2) is 0 Å². The van der Waals surface area contributed by atoms with Crippen LogP contribution in [0.3, 0.4) is 0 Å². The number of alkyl carbamates (subject to hydrolysis) is 1. The first kappa shape index (κ1) is 19.7. The second-order valence-corrected chi connectivity index (χ2v) is 7.36. The fraction of sp³-hybridized carbons (Fsp3) is 0.882. The molecule has 1 heterocycles. The van der Waals surface area contributed by atoms with E-state index in [2.05, 4.69) is 5.32 Å². The van der Waals surface area contributed by atoms with E-state index in [0.717, 1.165) is 25.9 Å². The van der Waals surface area contributed by atoms with Crippen molar-refractivity contribution in [1.29, 1.82) is 0 Å². The highest BCUT2D eigenvalue weighted by Crippen LogP contribution is 2.32. The lowest BCUT2D eigenvalue weighted by Crippen LogP contribution is -2.45. The summed E-state index contributed by atoms with van der Waals surface area (Å²) < 4.78 is 10.8. The maximum Gasteiger partial charge on any atom is 0.407 e. The summed E-state index contributed by atoms with van der Waals surface area (Å²) in [5.74, 6) is -0.867. The van der Waals surface area contributed by atoms with E-state index in [1.54, 1.807) is 20.8 Å². The Labute approximate surface area is 138 Å². The number of hydrogen-bond acceptors (Lipinski definition) is 4. The van der Waals surface area contributed by atoms with E-state index in [0.29, 0.717) is 19.3 Å². The van der Waals surface area contributed by atoms with E-state index in [9.17, 15) is 14.7 Å². The minimum atomic E-state index is -0.961. The number of carboxylic acids is 1. The van der Waals surface area contributed by atoms with Gasteiger partial charge < -0.3 is 19.9 Å². The molecule has 23 heavy (non-hydrogen) atoms. The fourth-order valence-electron chi connectivity index (χ4n) is 2.93. The summed E-state index contributed by atoms with van der Waals surface area (Å²) in [5.41, 5.74) is -1.56. The van der Waals surface area contributed by atoms with E-state index < -0.39 is 23.1 Å². The first-order valence-corrected chi connectivity index (χ1v) is 8.50. The zero-order valence-corrected chi connectivity index (χ0v) is 14.8. The van der Waals surface area contributed by atoms with Crippen molar-refractivity contribution in [2.75, 3.05) is 13.2 Å². The molecular formula is C17H31NO5. The molecule has 134 valence electrons. The normalized spacial score (nSPS) is 20.8. The molecule has 6 heteroatoms. The molecule has 1 amide bonds. The molecule has 0 aliphatic carbocycles. The Morgan fingerprint density at radius 3 is 2.48 bits per heavy atom. The predicted octanol–water partition coefficient (Wildman–Crippen LogP) is 3.34. The van der Waals surface area contributed by atoms with Crippen molar-refractivity contribution in [2.24, 2.45) is 5.41 Å². The molecule has 1 saturated heterocycles. The minimum Gasteiger partial charge on any atom is -0.481 e. The number of nitrogens with one attached hydrogen (secondary N) is 1. The molecule has 1 rings (SSSR count). The molecule has 0 aromatic rings. The van der Waals surface area contributed by atoms with Gasteiger partial charge in [-0.3, -0.25) is 4.79 Å². The molecule has 0 aromatic carbocycles. The van der Waals surface area contributed by atoms with Gasteiger partial charge in [-0.2, -0.15) is 0 Å². The average molecular weight is 329 g/mol. The highest BCUT2D eigenvalue weighted by atomic mass is 16.6. The highest BCUT2D eigenvalue weighted by Gasteiger charge is 2.39. The number of hydrogen-bond donors (Lipinski definition) is 2. The number of rotatable bonds is 8. The summed E-state index contributed by atoms with van der Waals surface area (Å²) in [6.07, 6.45) is 4.07. The predicted molar refractivity (Wildman–Crippen MR) is 87.4 cm³/mol. The molecule has 0 aromatic heterocycles. The largest absolute Gasteiger partial charge is 0.481 e. The monoisotopic (exact) mass is 329 g/mol. The van der Waals surface area contributed by atoms with Crippen LogP contribution < -0.4 is 5.32 Å². The van der Waals surface area contributed by atoms with Crippen molar-refractivity contribution in [3.63, 3.8) is 0 Å². The van der Waals surface area contributed by atoms with Gasteiger partial charge in [0.2, 0.25) is 0 Å². The van der Waals surface area contributed by atoms with E-state index in [4.69, 9.17) is 9.47 Å². The zero-order chi connectivity index (χ0) is 17.5. The molecule has 2 N–H and O–H groups in total. The molecule has 1 aliphatic heterocycles. The summed E-state index contributed by atoms with van der Waals surface area (Å²) in [6, 6.07) is 0. The number of aliphatic carboxylic acids is 1. The molecule has 2 atom stereocenters. The Hall–Kier alpha value is -1.30. The summed E-state index contributed by atoms with van der Waals surface area (Å²) >= 11 is 0. The Bertz CT molecular complexity index is 398. The van der Waals surface area contributed by atoms with Crippen LogP contribution in [0.1, 0.15) is 66.2 Å². The Morgan fingerprint density at radius 1 is 1.30 bits per heavy atom. The molecule has 1 aliphatic rings. The van der Waals surface area contributed by atoms with E-state index in [1.807, 2.05) is 6.92 Å². The lowest BCUT2D eigenvalue weighted by atomic mass is 9.78. The number of carbonyl (C=O) groups excluding carboxylic acids is 1. The van der Waals surface area contributed by atoms with Gasteiger partial charge in [-0.25, -0.2) is 4.79 Å². The van der Waals surface area contributed by atoms with Gasteiger partial charge in [-0.1, -0.05) is 13.3 Å². The number of carboxylic acid groups (broad SMARTS) is 1. The van der Waals surface area contributed by atoms with Crippen LogP contribution in [0.25, 0.3) is 0 Å². The van der Waals surface area contributed by atoms with Crippen LogP contribution in [-0.2, 0) is 14.3 Å². The van der Waals surface area contributed by atoms with E-state index >= 15 is 0 Å². The maximum atomic E-state index is 11.9. The van der Waals surface area contributed by atoms with Gasteiger partial charge in [0.05, 0.1) is 11.5 Å². The number of ether oxygens (including phenoxy) is 2. The summed E-state index contributed by atoms with van der Waals surface area (Å²) in [5, 5.41) is 12.4. The molecular weight excluding hydrogens is 298 g/mol. The summed E-state index contributed by atoms with van der Waals surface area (Å²) in [6.45, 7) is 8.13. The Kier molecular flexibility index (Phi) is 7.32. The number of amides is 1. The maximum absolute atomic E-state index is 11.9. The highest BCUT2D eigenvalue weighted by molar-refractivity contribution is 5.76. The van der Waals surface area contributed by atoms with Crippen molar-refractivity contribution >= 4 is 12.1 Å². The third-order valence-electron chi connectivity index (χ3n) is 4.12. The smallest absolute Gasteiger partial charge is 0.407 e. The second-order valence-electron chi connectivity index (χ2n) is 7.36. The van der Waals surface area contributed by atoms with E-state index in [-0.39, 0.29) is 12.6 Å². The lowest BCUT2D eigenvalue weighted by Gasteiger charge is -2.31. The van der Waals surface area contributed by atoms with Crippen molar-refractivity contribution < 1.29 is 24.2 Å². The van der Waals surface area contributed by atoms with Crippen LogP contribution in [0.4, 0.5) is 4.79 Å². The van der Waals surface area contributed by atoms with Gasteiger partial charge in [0, 0.05) is 13.2 Å². The molecule has 0 bridgehead atoms. The topological polar surface area (TPSA) is 84.9 Å². The van der Waals surface area contributed by atoms with Crippen LogP contribution in [-0.4, -0.2) is 42.0 Å². The molecule has 0 radical (unpaired) electrons. The second kappa shape index (κ2) is 8.52. The van der Waals surface area contributed by atoms with Crippen molar-refractivity contribution in [3.8, 4) is 0 Å². The van der Waals surface area contributed by atoms with Crippen LogP contribution in [0.15, 0.2) is 0 Å².